The summed E-state index contributed by atoms with van der Waals surface area (Å²) in [5.41, 5.74) is 0.814. The molecule has 0 spiro atoms. The van der Waals surface area contributed by atoms with E-state index in [0.717, 1.165) is 30.7 Å². The number of amides is 3. The van der Waals surface area contributed by atoms with Crippen LogP contribution < -0.4 is 15.4 Å². The fraction of sp³-hybridized carbons (Fsp3) is 0.296. The van der Waals surface area contributed by atoms with Gasteiger partial charge in [0.15, 0.2) is 0 Å². The summed E-state index contributed by atoms with van der Waals surface area (Å²) in [6.07, 6.45) is 3.77. The average Bonchev–Trinajstić information content (AvgIpc) is 3.16. The van der Waals surface area contributed by atoms with Crippen LogP contribution in [0.4, 0.5) is 13.6 Å². The van der Waals surface area contributed by atoms with E-state index in [1.54, 1.807) is 24.3 Å². The van der Waals surface area contributed by atoms with Gasteiger partial charge in [-0.2, -0.15) is 0 Å². The number of carbonyl (C=O) groups is 2. The van der Waals surface area contributed by atoms with E-state index in [2.05, 4.69) is 15.6 Å². The van der Waals surface area contributed by atoms with Gasteiger partial charge in [-0.15, -0.1) is 0 Å². The van der Waals surface area contributed by atoms with Gasteiger partial charge >= 0.3 is 6.03 Å². The number of phenolic OH excluding ortho intramolecular Hbond substituents is 1. The molecule has 3 atom stereocenters. The van der Waals surface area contributed by atoms with Crippen molar-refractivity contribution in [2.75, 3.05) is 0 Å². The van der Waals surface area contributed by atoms with Gasteiger partial charge in [-0.1, -0.05) is 12.1 Å². The lowest BCUT2D eigenvalue weighted by atomic mass is 9.97. The molecule has 3 aromatic rings. The van der Waals surface area contributed by atoms with Gasteiger partial charge in [-0.05, 0) is 73.7 Å². The zero-order valence-electron chi connectivity index (χ0n) is 19.9. The van der Waals surface area contributed by atoms with Crippen LogP contribution in [-0.4, -0.2) is 45.1 Å². The standard InChI is InChI=1S/C27H26F2N4O4/c28-17-3-9-23(10-4-17)37-26-24(11-18(29)15-30-26)25(35)32-19-12-20-5-6-21(13-19)33(20)27(36)31-14-16-1-7-22(34)8-2-16/h1-4,7-11,15,19-21,34H,5-6,12-14H2,(H,31,36)(H,32,35)/t19-,20-,21+. The number of nitrogens with one attached hydrogen (secondary N) is 2. The lowest BCUT2D eigenvalue weighted by Crippen LogP contribution is -2.54. The Labute approximate surface area is 212 Å². The van der Waals surface area contributed by atoms with Crippen LogP contribution in [0, 0.1) is 11.6 Å². The van der Waals surface area contributed by atoms with E-state index < -0.39 is 17.5 Å². The van der Waals surface area contributed by atoms with Crippen molar-refractivity contribution in [2.45, 2.75) is 50.4 Å². The summed E-state index contributed by atoms with van der Waals surface area (Å²) in [5, 5.41) is 15.3. The number of pyridine rings is 1. The first-order valence-electron chi connectivity index (χ1n) is 12.1. The minimum atomic E-state index is -0.684. The topological polar surface area (TPSA) is 104 Å². The fourth-order valence-electron chi connectivity index (χ4n) is 5.06. The number of rotatable bonds is 6. The van der Waals surface area contributed by atoms with Crippen LogP contribution in [0.5, 0.6) is 17.4 Å². The van der Waals surface area contributed by atoms with Crippen LogP contribution in [0.1, 0.15) is 41.6 Å². The van der Waals surface area contributed by atoms with Crippen molar-refractivity contribution in [3.8, 4) is 17.4 Å². The molecule has 37 heavy (non-hydrogen) atoms. The highest BCUT2D eigenvalue weighted by Crippen LogP contribution is 2.36. The summed E-state index contributed by atoms with van der Waals surface area (Å²) in [7, 11) is 0. The third-order valence-corrected chi connectivity index (χ3v) is 6.77. The molecule has 0 aliphatic carbocycles. The number of hydrogen-bond donors (Lipinski definition) is 3. The Balaban J connectivity index is 1.21. The van der Waals surface area contributed by atoms with E-state index in [9.17, 15) is 23.5 Å². The van der Waals surface area contributed by atoms with E-state index in [0.29, 0.717) is 19.4 Å². The molecule has 2 bridgehead atoms. The van der Waals surface area contributed by atoms with Gasteiger partial charge < -0.3 is 25.4 Å². The van der Waals surface area contributed by atoms with Gasteiger partial charge in [0.1, 0.15) is 28.7 Å². The van der Waals surface area contributed by atoms with Crippen molar-refractivity contribution >= 4 is 11.9 Å². The molecular weight excluding hydrogens is 482 g/mol. The Kier molecular flexibility index (Phi) is 6.89. The molecule has 3 N–H and O–H groups in total. The first-order chi connectivity index (χ1) is 17.9. The molecule has 2 aromatic carbocycles. The summed E-state index contributed by atoms with van der Waals surface area (Å²) >= 11 is 0. The summed E-state index contributed by atoms with van der Waals surface area (Å²) in [5.74, 6) is -1.30. The number of hydrogen-bond acceptors (Lipinski definition) is 5. The fourth-order valence-corrected chi connectivity index (χ4v) is 5.06. The van der Waals surface area contributed by atoms with E-state index in [1.165, 1.54) is 24.3 Å². The van der Waals surface area contributed by atoms with Crippen molar-refractivity contribution in [3.63, 3.8) is 0 Å². The second-order valence-electron chi connectivity index (χ2n) is 9.32. The molecule has 192 valence electrons. The van der Waals surface area contributed by atoms with E-state index in [4.69, 9.17) is 4.74 Å². The number of phenols is 1. The number of fused-ring (bicyclic) bond motifs is 2. The number of halogens is 2. The van der Waals surface area contributed by atoms with Crippen LogP contribution >= 0.6 is 0 Å². The smallest absolute Gasteiger partial charge is 0.318 e. The molecule has 2 aliphatic rings. The van der Waals surface area contributed by atoms with Gasteiger partial charge in [0, 0.05) is 24.7 Å². The first-order valence-corrected chi connectivity index (χ1v) is 12.1. The van der Waals surface area contributed by atoms with Gasteiger partial charge in [0.25, 0.3) is 5.91 Å². The van der Waals surface area contributed by atoms with Crippen LogP contribution in [0.15, 0.2) is 60.8 Å². The predicted octanol–water partition coefficient (Wildman–Crippen LogP) is 4.49. The molecule has 10 heteroatoms. The SMILES string of the molecule is O=C(N[C@@H]1C[C@H]2CC[C@@H](C1)N2C(=O)NCc1ccc(O)cc1)c1cc(F)cnc1Oc1ccc(F)cc1. The van der Waals surface area contributed by atoms with Crippen LogP contribution in [-0.2, 0) is 6.54 Å². The van der Waals surface area contributed by atoms with Gasteiger partial charge in [-0.25, -0.2) is 18.6 Å². The number of carbonyl (C=O) groups excluding carboxylic acids is 2. The van der Waals surface area contributed by atoms with Crippen LogP contribution in [0.25, 0.3) is 0 Å². The Morgan fingerprint density at radius 2 is 1.68 bits per heavy atom. The van der Waals surface area contributed by atoms with Crippen molar-refractivity contribution in [1.29, 1.82) is 0 Å². The number of ether oxygens (including phenoxy) is 1. The molecule has 1 aromatic heterocycles. The molecule has 3 heterocycles. The van der Waals surface area contributed by atoms with Crippen molar-refractivity contribution in [1.82, 2.24) is 20.5 Å². The molecule has 0 unspecified atom stereocenters. The minimum Gasteiger partial charge on any atom is -0.508 e. The second kappa shape index (κ2) is 10.4. The zero-order valence-corrected chi connectivity index (χ0v) is 19.9. The normalized spacial score (nSPS) is 20.4. The van der Waals surface area contributed by atoms with Crippen LogP contribution in [0.2, 0.25) is 0 Å². The maximum atomic E-state index is 14.0. The molecule has 2 aliphatic heterocycles. The highest BCUT2D eigenvalue weighted by molar-refractivity contribution is 5.96. The van der Waals surface area contributed by atoms with Crippen molar-refractivity contribution < 1.29 is 28.2 Å². The largest absolute Gasteiger partial charge is 0.508 e. The quantitative estimate of drug-likeness (QED) is 0.455. The number of benzene rings is 2. The lowest BCUT2D eigenvalue weighted by molar-refractivity contribution is 0.0881. The maximum absolute atomic E-state index is 14.0. The summed E-state index contributed by atoms with van der Waals surface area (Å²) in [6.45, 7) is 0.346. The van der Waals surface area contributed by atoms with Gasteiger partial charge in [0.2, 0.25) is 5.88 Å². The number of aromatic hydroxyl groups is 1. The number of urea groups is 1. The number of aromatic nitrogens is 1. The molecule has 0 saturated carbocycles. The molecule has 5 rings (SSSR count). The third-order valence-electron chi connectivity index (χ3n) is 6.77. The lowest BCUT2D eigenvalue weighted by Gasteiger charge is -2.39. The molecule has 8 nitrogen and oxygen atoms in total. The Hall–Kier alpha value is -4.21. The third kappa shape index (κ3) is 5.63. The number of piperidine rings is 1. The van der Waals surface area contributed by atoms with E-state index in [1.807, 2.05) is 4.90 Å². The Morgan fingerprint density at radius 1 is 1.00 bits per heavy atom. The predicted molar refractivity (Wildman–Crippen MR) is 130 cm³/mol. The number of nitrogens with zero attached hydrogens (tertiary/aromatic N) is 2. The average molecular weight is 509 g/mol. The highest BCUT2D eigenvalue weighted by atomic mass is 19.1. The van der Waals surface area contributed by atoms with Gasteiger partial charge in [-0.3, -0.25) is 4.79 Å². The van der Waals surface area contributed by atoms with E-state index in [-0.39, 0.29) is 47.1 Å². The summed E-state index contributed by atoms with van der Waals surface area (Å²) in [6, 6.07) is 12.5. The summed E-state index contributed by atoms with van der Waals surface area (Å²) in [4.78, 5) is 31.8. The molecule has 0 radical (unpaired) electrons. The Morgan fingerprint density at radius 3 is 2.35 bits per heavy atom. The second-order valence-corrected chi connectivity index (χ2v) is 9.32. The first kappa shape index (κ1) is 24.5. The minimum absolute atomic E-state index is 0.0237. The molecule has 3 amide bonds. The summed E-state index contributed by atoms with van der Waals surface area (Å²) < 4.78 is 32.8. The Bertz CT molecular complexity index is 1270. The monoisotopic (exact) mass is 508 g/mol. The highest BCUT2D eigenvalue weighted by Gasteiger charge is 2.43. The van der Waals surface area contributed by atoms with Crippen LogP contribution in [0.3, 0.4) is 0 Å². The van der Waals surface area contributed by atoms with Crippen molar-refractivity contribution in [3.05, 3.63) is 83.6 Å². The molecular formula is C27H26F2N4O4. The molecule has 2 saturated heterocycles. The maximum Gasteiger partial charge on any atom is 0.318 e. The molecule has 2 fully saturated rings. The van der Waals surface area contributed by atoms with Crippen molar-refractivity contribution in [2.24, 2.45) is 0 Å². The van der Waals surface area contributed by atoms with E-state index >= 15 is 0 Å². The van der Waals surface area contributed by atoms with Gasteiger partial charge in [0.05, 0.1) is 6.20 Å². The zero-order chi connectivity index (χ0) is 25.9.